The lowest BCUT2D eigenvalue weighted by atomic mass is 10.0. The summed E-state index contributed by atoms with van der Waals surface area (Å²) in [6.45, 7) is 2.32. The van der Waals surface area contributed by atoms with Crippen LogP contribution in [0.25, 0.3) is 0 Å². The van der Waals surface area contributed by atoms with E-state index in [1.165, 1.54) is 10.6 Å². The van der Waals surface area contributed by atoms with Crippen LogP contribution < -0.4 is 9.62 Å². The summed E-state index contributed by atoms with van der Waals surface area (Å²) in [6.07, 6.45) is 2.97. The van der Waals surface area contributed by atoms with Crippen LogP contribution in [0.15, 0.2) is 70.2 Å². The second-order valence-corrected chi connectivity index (χ2v) is 8.63. The minimum Gasteiger partial charge on any atom is -0.459 e. The number of carbonyl (C=O) groups is 1. The number of carbonyl (C=O) groups excluding carboxylic acids is 1. The number of furan rings is 1. The highest BCUT2D eigenvalue weighted by Crippen LogP contribution is 2.34. The summed E-state index contributed by atoms with van der Waals surface area (Å²) in [5, 5.41) is 2.76. The van der Waals surface area contributed by atoms with Crippen molar-refractivity contribution < 1.29 is 17.6 Å². The molecule has 2 aromatic carbocycles. The van der Waals surface area contributed by atoms with Gasteiger partial charge in [-0.2, -0.15) is 0 Å². The van der Waals surface area contributed by atoms with E-state index in [0.29, 0.717) is 17.9 Å². The van der Waals surface area contributed by atoms with Crippen molar-refractivity contribution in [1.82, 2.24) is 0 Å². The first-order valence-corrected chi connectivity index (χ1v) is 10.5. The van der Waals surface area contributed by atoms with E-state index in [9.17, 15) is 13.2 Å². The Morgan fingerprint density at radius 1 is 1.11 bits per heavy atom. The SMILES string of the molecule is Cc1ccc(S(=O)(=O)N2CCCc3ccc(NC(=O)c4ccco4)cc32)cc1. The van der Waals surface area contributed by atoms with E-state index in [2.05, 4.69) is 5.32 Å². The summed E-state index contributed by atoms with van der Waals surface area (Å²) >= 11 is 0. The van der Waals surface area contributed by atoms with Gasteiger partial charge in [0.2, 0.25) is 0 Å². The average Bonchev–Trinajstić information content (AvgIpc) is 3.23. The van der Waals surface area contributed by atoms with Gasteiger partial charge in [0.1, 0.15) is 0 Å². The third-order valence-corrected chi connectivity index (χ3v) is 6.60. The van der Waals surface area contributed by atoms with Gasteiger partial charge in [0.25, 0.3) is 15.9 Å². The molecule has 0 fully saturated rings. The zero-order valence-electron chi connectivity index (χ0n) is 15.4. The Hall–Kier alpha value is -3.06. The van der Waals surface area contributed by atoms with Gasteiger partial charge in [-0.15, -0.1) is 0 Å². The van der Waals surface area contributed by atoms with E-state index in [1.54, 1.807) is 48.5 Å². The molecule has 7 heteroatoms. The molecule has 0 aliphatic carbocycles. The molecule has 0 spiro atoms. The van der Waals surface area contributed by atoms with Gasteiger partial charge in [0.15, 0.2) is 5.76 Å². The molecule has 1 amide bonds. The first-order chi connectivity index (χ1) is 13.4. The van der Waals surface area contributed by atoms with E-state index in [4.69, 9.17) is 4.42 Å². The summed E-state index contributed by atoms with van der Waals surface area (Å²) in [5.74, 6) is -0.185. The van der Waals surface area contributed by atoms with Crippen molar-refractivity contribution in [3.05, 3.63) is 77.7 Å². The van der Waals surface area contributed by atoms with Crippen LogP contribution in [0.3, 0.4) is 0 Å². The molecule has 1 aliphatic heterocycles. The number of hydrogen-bond donors (Lipinski definition) is 1. The van der Waals surface area contributed by atoms with Gasteiger partial charge < -0.3 is 9.73 Å². The largest absolute Gasteiger partial charge is 0.459 e. The monoisotopic (exact) mass is 396 g/mol. The van der Waals surface area contributed by atoms with Crippen LogP contribution in [-0.4, -0.2) is 20.9 Å². The Labute approximate surface area is 163 Å². The molecule has 0 bridgehead atoms. The lowest BCUT2D eigenvalue weighted by Crippen LogP contribution is -2.35. The highest BCUT2D eigenvalue weighted by molar-refractivity contribution is 7.92. The van der Waals surface area contributed by atoms with Gasteiger partial charge >= 0.3 is 0 Å². The molecule has 0 unspecified atom stereocenters. The minimum absolute atomic E-state index is 0.196. The van der Waals surface area contributed by atoms with Crippen LogP contribution in [0.5, 0.6) is 0 Å². The van der Waals surface area contributed by atoms with E-state index in [-0.39, 0.29) is 16.6 Å². The van der Waals surface area contributed by atoms with E-state index in [1.807, 2.05) is 13.0 Å². The minimum atomic E-state index is -3.68. The maximum absolute atomic E-state index is 13.2. The number of nitrogens with one attached hydrogen (secondary N) is 1. The third-order valence-electron chi connectivity index (χ3n) is 4.77. The van der Waals surface area contributed by atoms with Gasteiger partial charge in [-0.1, -0.05) is 23.8 Å². The molecular formula is C21H20N2O4S. The zero-order chi connectivity index (χ0) is 19.7. The van der Waals surface area contributed by atoms with Crippen molar-refractivity contribution in [3.8, 4) is 0 Å². The fourth-order valence-corrected chi connectivity index (χ4v) is 4.84. The Balaban J connectivity index is 1.68. The summed E-state index contributed by atoms with van der Waals surface area (Å²) in [7, 11) is -3.68. The van der Waals surface area contributed by atoms with Crippen molar-refractivity contribution in [3.63, 3.8) is 0 Å². The standard InChI is InChI=1S/C21H20N2O4S/c1-15-6-10-18(11-7-15)28(25,26)23-12-2-4-16-8-9-17(14-19(16)23)22-21(24)20-5-3-13-27-20/h3,5-11,13-14H,2,4,12H2,1H3,(H,22,24). The number of amides is 1. The molecule has 0 saturated heterocycles. The summed E-state index contributed by atoms with van der Waals surface area (Å²) in [4.78, 5) is 12.5. The predicted octanol–water partition coefficient (Wildman–Crippen LogP) is 3.98. The van der Waals surface area contributed by atoms with Crippen molar-refractivity contribution in [2.45, 2.75) is 24.7 Å². The normalized spacial score (nSPS) is 13.8. The number of fused-ring (bicyclic) bond motifs is 1. The van der Waals surface area contributed by atoms with Crippen LogP contribution in [0.2, 0.25) is 0 Å². The van der Waals surface area contributed by atoms with Gasteiger partial charge in [-0.25, -0.2) is 8.42 Å². The van der Waals surface area contributed by atoms with Crippen LogP contribution >= 0.6 is 0 Å². The molecule has 144 valence electrons. The number of nitrogens with zero attached hydrogens (tertiary/aromatic N) is 1. The Morgan fingerprint density at radius 2 is 1.89 bits per heavy atom. The van der Waals surface area contributed by atoms with Crippen molar-refractivity contribution >= 4 is 27.3 Å². The molecule has 4 rings (SSSR count). The molecule has 0 saturated carbocycles. The maximum Gasteiger partial charge on any atom is 0.291 e. The second-order valence-electron chi connectivity index (χ2n) is 6.77. The van der Waals surface area contributed by atoms with Crippen molar-refractivity contribution in [2.75, 3.05) is 16.2 Å². The lowest BCUT2D eigenvalue weighted by Gasteiger charge is -2.31. The van der Waals surface area contributed by atoms with Crippen LogP contribution in [0.1, 0.15) is 28.1 Å². The highest BCUT2D eigenvalue weighted by Gasteiger charge is 2.29. The van der Waals surface area contributed by atoms with E-state index < -0.39 is 10.0 Å². The first-order valence-electron chi connectivity index (χ1n) is 9.02. The predicted molar refractivity (Wildman–Crippen MR) is 107 cm³/mol. The smallest absolute Gasteiger partial charge is 0.291 e. The molecular weight excluding hydrogens is 376 g/mol. The van der Waals surface area contributed by atoms with Crippen LogP contribution in [-0.2, 0) is 16.4 Å². The third kappa shape index (κ3) is 3.41. The fourth-order valence-electron chi connectivity index (χ4n) is 3.31. The highest BCUT2D eigenvalue weighted by atomic mass is 32.2. The molecule has 2 heterocycles. The van der Waals surface area contributed by atoms with Gasteiger partial charge in [0.05, 0.1) is 16.8 Å². The van der Waals surface area contributed by atoms with Crippen LogP contribution in [0, 0.1) is 6.92 Å². The average molecular weight is 396 g/mol. The molecule has 28 heavy (non-hydrogen) atoms. The molecule has 6 nitrogen and oxygen atoms in total. The van der Waals surface area contributed by atoms with Crippen LogP contribution in [0.4, 0.5) is 11.4 Å². The topological polar surface area (TPSA) is 79.6 Å². The molecule has 1 aliphatic rings. The van der Waals surface area contributed by atoms with Gasteiger partial charge in [0, 0.05) is 12.2 Å². The maximum atomic E-state index is 13.2. The summed E-state index contributed by atoms with van der Waals surface area (Å²) < 4.78 is 32.9. The van der Waals surface area contributed by atoms with Crippen molar-refractivity contribution in [1.29, 1.82) is 0 Å². The Morgan fingerprint density at radius 3 is 2.61 bits per heavy atom. The number of anilines is 2. The fraction of sp³-hybridized carbons (Fsp3) is 0.190. The molecule has 0 radical (unpaired) electrons. The zero-order valence-corrected chi connectivity index (χ0v) is 16.2. The summed E-state index contributed by atoms with van der Waals surface area (Å²) in [5.41, 5.74) is 3.06. The Kier molecular flexibility index (Phi) is 4.68. The molecule has 3 aromatic rings. The summed E-state index contributed by atoms with van der Waals surface area (Å²) in [6, 6.07) is 15.4. The number of hydrogen-bond acceptors (Lipinski definition) is 4. The number of aryl methyl sites for hydroxylation is 2. The lowest BCUT2D eigenvalue weighted by molar-refractivity contribution is 0.0996. The number of sulfonamides is 1. The Bertz CT molecular complexity index is 1100. The van der Waals surface area contributed by atoms with Gasteiger partial charge in [-0.05, 0) is 61.7 Å². The number of benzene rings is 2. The van der Waals surface area contributed by atoms with E-state index >= 15 is 0 Å². The quantitative estimate of drug-likeness (QED) is 0.723. The molecule has 0 atom stereocenters. The number of rotatable bonds is 4. The second kappa shape index (κ2) is 7.16. The molecule has 1 N–H and O–H groups in total. The van der Waals surface area contributed by atoms with Gasteiger partial charge in [-0.3, -0.25) is 9.10 Å². The van der Waals surface area contributed by atoms with Crippen molar-refractivity contribution in [2.24, 2.45) is 0 Å². The molecule has 1 aromatic heterocycles. The van der Waals surface area contributed by atoms with E-state index in [0.717, 1.165) is 24.0 Å². The first kappa shape index (κ1) is 18.3.